The average molecular weight is 187 g/mol. The van der Waals surface area contributed by atoms with E-state index in [-0.39, 0.29) is 5.78 Å². The van der Waals surface area contributed by atoms with E-state index in [4.69, 9.17) is 16.0 Å². The molecule has 0 N–H and O–H groups in total. The Balaban J connectivity index is 2.59. The first-order valence-electron chi connectivity index (χ1n) is 3.97. The molecule has 0 aliphatic heterocycles. The summed E-state index contributed by atoms with van der Waals surface area (Å²) in [6.07, 6.45) is 3.07. The van der Waals surface area contributed by atoms with E-state index < -0.39 is 5.38 Å². The van der Waals surface area contributed by atoms with Gasteiger partial charge in [0.05, 0.1) is 11.6 Å². The Kier molecular flexibility index (Phi) is 3.35. The largest absolute Gasteiger partial charge is 0.461 e. The van der Waals surface area contributed by atoms with Crippen LogP contribution in [0.2, 0.25) is 0 Å². The standard InChI is InChI=1S/C9H11ClO2/c1-2-4-7(10)9(11)8-5-3-6-12-8/h3,5-7H,2,4H2,1H3. The molecule has 0 saturated carbocycles. The van der Waals surface area contributed by atoms with E-state index in [0.717, 1.165) is 6.42 Å². The first kappa shape index (κ1) is 9.33. The van der Waals surface area contributed by atoms with Crippen LogP contribution in [0, 0.1) is 0 Å². The third-order valence-electron chi connectivity index (χ3n) is 1.59. The summed E-state index contributed by atoms with van der Waals surface area (Å²) in [5.41, 5.74) is 0. The molecule has 2 nitrogen and oxygen atoms in total. The van der Waals surface area contributed by atoms with Gasteiger partial charge in [-0.15, -0.1) is 11.6 Å². The molecule has 1 aromatic heterocycles. The normalized spacial score (nSPS) is 12.8. The molecule has 1 atom stereocenters. The molecule has 0 spiro atoms. The average Bonchev–Trinajstić information content (AvgIpc) is 2.55. The number of ketones is 1. The number of carbonyl (C=O) groups excluding carboxylic acids is 1. The number of hydrogen-bond donors (Lipinski definition) is 0. The highest BCUT2D eigenvalue weighted by Crippen LogP contribution is 2.13. The van der Waals surface area contributed by atoms with Gasteiger partial charge in [-0.2, -0.15) is 0 Å². The van der Waals surface area contributed by atoms with Gasteiger partial charge in [-0.05, 0) is 18.6 Å². The van der Waals surface area contributed by atoms with E-state index in [1.807, 2.05) is 6.92 Å². The number of rotatable bonds is 4. The van der Waals surface area contributed by atoms with Crippen LogP contribution in [0.5, 0.6) is 0 Å². The summed E-state index contributed by atoms with van der Waals surface area (Å²) < 4.78 is 4.93. The quantitative estimate of drug-likeness (QED) is 0.535. The Morgan fingerprint density at radius 2 is 2.50 bits per heavy atom. The van der Waals surface area contributed by atoms with Crippen LogP contribution in [-0.2, 0) is 0 Å². The first-order chi connectivity index (χ1) is 5.75. The smallest absolute Gasteiger partial charge is 0.215 e. The van der Waals surface area contributed by atoms with E-state index in [9.17, 15) is 4.79 Å². The SMILES string of the molecule is CCCC(Cl)C(=O)c1ccco1. The fourth-order valence-electron chi connectivity index (χ4n) is 0.958. The van der Waals surface area contributed by atoms with Gasteiger partial charge < -0.3 is 4.42 Å². The number of furan rings is 1. The summed E-state index contributed by atoms with van der Waals surface area (Å²) in [4.78, 5) is 11.4. The minimum absolute atomic E-state index is 0.122. The Labute approximate surface area is 76.5 Å². The summed E-state index contributed by atoms with van der Waals surface area (Å²) in [5, 5.41) is -0.443. The van der Waals surface area contributed by atoms with Crippen molar-refractivity contribution >= 4 is 17.4 Å². The molecule has 1 aromatic rings. The van der Waals surface area contributed by atoms with Gasteiger partial charge in [-0.1, -0.05) is 13.3 Å². The predicted molar refractivity (Wildman–Crippen MR) is 47.6 cm³/mol. The summed E-state index contributed by atoms with van der Waals surface area (Å²) in [5.74, 6) is 0.229. The molecular formula is C9H11ClO2. The van der Waals surface area contributed by atoms with E-state index in [1.165, 1.54) is 6.26 Å². The molecule has 0 aromatic carbocycles. The highest BCUT2D eigenvalue weighted by Gasteiger charge is 2.18. The van der Waals surface area contributed by atoms with E-state index in [2.05, 4.69) is 0 Å². The van der Waals surface area contributed by atoms with Crippen molar-refractivity contribution in [3.8, 4) is 0 Å². The lowest BCUT2D eigenvalue weighted by Crippen LogP contribution is -2.13. The Hall–Kier alpha value is -0.760. The predicted octanol–water partition coefficient (Wildman–Crippen LogP) is 2.87. The summed E-state index contributed by atoms with van der Waals surface area (Å²) in [7, 11) is 0. The summed E-state index contributed by atoms with van der Waals surface area (Å²) in [6.45, 7) is 1.99. The number of hydrogen-bond acceptors (Lipinski definition) is 2. The van der Waals surface area contributed by atoms with Crippen LogP contribution in [0.15, 0.2) is 22.8 Å². The molecule has 1 heterocycles. The van der Waals surface area contributed by atoms with Gasteiger partial charge in [0.2, 0.25) is 5.78 Å². The Morgan fingerprint density at radius 1 is 1.75 bits per heavy atom. The van der Waals surface area contributed by atoms with Crippen molar-refractivity contribution < 1.29 is 9.21 Å². The lowest BCUT2D eigenvalue weighted by Gasteiger charge is -2.02. The molecule has 1 rings (SSSR count). The second kappa shape index (κ2) is 4.31. The Bertz CT molecular complexity index is 241. The van der Waals surface area contributed by atoms with Gasteiger partial charge in [-0.25, -0.2) is 0 Å². The van der Waals surface area contributed by atoms with Crippen molar-refractivity contribution in [1.29, 1.82) is 0 Å². The Morgan fingerprint density at radius 3 is 3.00 bits per heavy atom. The van der Waals surface area contributed by atoms with Crippen LogP contribution in [0.3, 0.4) is 0 Å². The highest BCUT2D eigenvalue weighted by atomic mass is 35.5. The maximum absolute atomic E-state index is 11.4. The second-order valence-corrected chi connectivity index (χ2v) is 3.12. The topological polar surface area (TPSA) is 30.2 Å². The number of Topliss-reactive ketones (excluding diaryl/α,β-unsaturated/α-hetero) is 1. The first-order valence-corrected chi connectivity index (χ1v) is 4.41. The molecular weight excluding hydrogens is 176 g/mol. The molecule has 12 heavy (non-hydrogen) atoms. The fourth-order valence-corrected chi connectivity index (χ4v) is 1.28. The molecule has 66 valence electrons. The maximum Gasteiger partial charge on any atom is 0.215 e. The third-order valence-corrected chi connectivity index (χ3v) is 2.01. The minimum atomic E-state index is -0.443. The van der Waals surface area contributed by atoms with Gasteiger partial charge in [-0.3, -0.25) is 4.79 Å². The van der Waals surface area contributed by atoms with Crippen LogP contribution in [0.4, 0.5) is 0 Å². The number of carbonyl (C=O) groups is 1. The molecule has 0 aliphatic rings. The second-order valence-electron chi connectivity index (χ2n) is 2.60. The third kappa shape index (κ3) is 2.11. The fraction of sp³-hybridized carbons (Fsp3) is 0.444. The van der Waals surface area contributed by atoms with Crippen LogP contribution >= 0.6 is 11.6 Å². The van der Waals surface area contributed by atoms with Crippen molar-refractivity contribution in [2.24, 2.45) is 0 Å². The zero-order chi connectivity index (χ0) is 8.97. The van der Waals surface area contributed by atoms with Crippen molar-refractivity contribution in [3.63, 3.8) is 0 Å². The van der Waals surface area contributed by atoms with Gasteiger partial charge in [0.15, 0.2) is 5.76 Å². The molecule has 0 radical (unpaired) electrons. The molecule has 0 fully saturated rings. The van der Waals surface area contributed by atoms with Crippen molar-refractivity contribution in [2.75, 3.05) is 0 Å². The lowest BCUT2D eigenvalue weighted by molar-refractivity contribution is 0.0957. The van der Waals surface area contributed by atoms with Gasteiger partial charge >= 0.3 is 0 Å². The number of halogens is 1. The van der Waals surface area contributed by atoms with Crippen molar-refractivity contribution in [2.45, 2.75) is 25.1 Å². The summed E-state index contributed by atoms with van der Waals surface area (Å²) >= 11 is 5.81. The molecule has 0 amide bonds. The van der Waals surface area contributed by atoms with E-state index >= 15 is 0 Å². The van der Waals surface area contributed by atoms with E-state index in [1.54, 1.807) is 12.1 Å². The minimum Gasteiger partial charge on any atom is -0.461 e. The van der Waals surface area contributed by atoms with Crippen molar-refractivity contribution in [3.05, 3.63) is 24.2 Å². The van der Waals surface area contributed by atoms with Crippen LogP contribution < -0.4 is 0 Å². The molecule has 1 unspecified atom stereocenters. The van der Waals surface area contributed by atoms with Gasteiger partial charge in [0.1, 0.15) is 0 Å². The van der Waals surface area contributed by atoms with Gasteiger partial charge in [0, 0.05) is 0 Å². The van der Waals surface area contributed by atoms with E-state index in [0.29, 0.717) is 12.2 Å². The van der Waals surface area contributed by atoms with Crippen LogP contribution in [-0.4, -0.2) is 11.2 Å². The van der Waals surface area contributed by atoms with Gasteiger partial charge in [0.25, 0.3) is 0 Å². The van der Waals surface area contributed by atoms with Crippen molar-refractivity contribution in [1.82, 2.24) is 0 Å². The molecule has 0 aliphatic carbocycles. The highest BCUT2D eigenvalue weighted by molar-refractivity contribution is 6.33. The zero-order valence-corrected chi connectivity index (χ0v) is 7.67. The maximum atomic E-state index is 11.4. The molecule has 3 heteroatoms. The summed E-state index contributed by atoms with van der Waals surface area (Å²) in [6, 6.07) is 3.32. The van der Waals surface area contributed by atoms with Crippen LogP contribution in [0.1, 0.15) is 30.3 Å². The lowest BCUT2D eigenvalue weighted by atomic mass is 10.1. The zero-order valence-electron chi connectivity index (χ0n) is 6.92. The molecule has 0 bridgehead atoms. The van der Waals surface area contributed by atoms with Crippen LogP contribution in [0.25, 0.3) is 0 Å². The number of alkyl halides is 1. The monoisotopic (exact) mass is 186 g/mol. The molecule has 0 saturated heterocycles.